The third kappa shape index (κ3) is 4.09. The van der Waals surface area contributed by atoms with Gasteiger partial charge in [0.05, 0.1) is 0 Å². The molecule has 1 aromatic rings. The van der Waals surface area contributed by atoms with E-state index in [-0.39, 0.29) is 11.8 Å². The van der Waals surface area contributed by atoms with E-state index >= 15 is 0 Å². The van der Waals surface area contributed by atoms with Crippen LogP contribution in [-0.4, -0.2) is 5.91 Å². The van der Waals surface area contributed by atoms with Crippen LogP contribution in [0.2, 0.25) is 0 Å². The molecule has 20 heavy (non-hydrogen) atoms. The van der Waals surface area contributed by atoms with Crippen molar-refractivity contribution in [2.24, 2.45) is 17.8 Å². The lowest BCUT2D eigenvalue weighted by atomic mass is 9.87. The second-order valence-corrected chi connectivity index (χ2v) is 6.57. The van der Waals surface area contributed by atoms with Crippen LogP contribution in [0.1, 0.15) is 52.0 Å². The van der Waals surface area contributed by atoms with E-state index in [2.05, 4.69) is 24.4 Å². The van der Waals surface area contributed by atoms with E-state index in [4.69, 9.17) is 0 Å². The number of amides is 1. The second-order valence-electron chi connectivity index (χ2n) is 6.57. The lowest BCUT2D eigenvalue weighted by Gasteiger charge is -2.19. The second kappa shape index (κ2) is 6.92. The molecule has 0 heterocycles. The van der Waals surface area contributed by atoms with Gasteiger partial charge in [-0.15, -0.1) is 0 Å². The molecule has 1 unspecified atom stereocenters. The third-order valence-corrected chi connectivity index (χ3v) is 4.51. The van der Waals surface area contributed by atoms with Crippen molar-refractivity contribution in [1.82, 2.24) is 0 Å². The first-order chi connectivity index (χ1) is 9.56. The van der Waals surface area contributed by atoms with Gasteiger partial charge in [0.15, 0.2) is 0 Å². The first kappa shape index (κ1) is 15.1. The molecule has 0 bridgehead atoms. The van der Waals surface area contributed by atoms with Gasteiger partial charge in [0, 0.05) is 11.6 Å². The predicted octanol–water partition coefficient (Wildman–Crippen LogP) is 4.65. The van der Waals surface area contributed by atoms with E-state index in [9.17, 15) is 4.79 Å². The molecule has 0 aliphatic heterocycles. The van der Waals surface area contributed by atoms with Crippen LogP contribution in [0.15, 0.2) is 24.3 Å². The molecule has 2 nitrogen and oxygen atoms in total. The molecular weight excluding hydrogens is 246 g/mol. The van der Waals surface area contributed by atoms with E-state index in [1.807, 2.05) is 26.0 Å². The van der Waals surface area contributed by atoms with Crippen molar-refractivity contribution >= 4 is 11.6 Å². The largest absolute Gasteiger partial charge is 0.326 e. The number of nitrogens with one attached hydrogen (secondary N) is 1. The summed E-state index contributed by atoms with van der Waals surface area (Å²) in [5, 5.41) is 2.94. The van der Waals surface area contributed by atoms with Gasteiger partial charge < -0.3 is 5.32 Å². The molecule has 2 rings (SSSR count). The van der Waals surface area contributed by atoms with E-state index in [0.717, 1.165) is 23.9 Å². The molecule has 1 aliphatic rings. The number of carbonyl (C=O) groups excluding carboxylic acids is 1. The van der Waals surface area contributed by atoms with Crippen LogP contribution >= 0.6 is 0 Å². The number of hydrogen-bond donors (Lipinski definition) is 1. The van der Waals surface area contributed by atoms with Gasteiger partial charge in [-0.1, -0.05) is 58.6 Å². The topological polar surface area (TPSA) is 29.1 Å². The molecule has 1 aromatic carbocycles. The van der Waals surface area contributed by atoms with Crippen molar-refractivity contribution in [2.75, 3.05) is 5.32 Å². The van der Waals surface area contributed by atoms with Crippen LogP contribution in [0.25, 0.3) is 0 Å². The van der Waals surface area contributed by atoms with Gasteiger partial charge in [-0.3, -0.25) is 4.79 Å². The maximum atomic E-state index is 11.6. The Morgan fingerprint density at radius 2 is 1.75 bits per heavy atom. The standard InChI is InChI=1S/C18H27NO/c1-13(2)18(20)19-17-10-8-15(9-11-17)12-14(3)16-6-4-5-7-16/h8-11,13-14,16H,4-7,12H2,1-3H3,(H,19,20). The number of rotatable bonds is 5. The lowest BCUT2D eigenvalue weighted by Crippen LogP contribution is -2.17. The van der Waals surface area contributed by atoms with Crippen LogP contribution in [-0.2, 0) is 11.2 Å². The molecule has 110 valence electrons. The quantitative estimate of drug-likeness (QED) is 0.831. The first-order valence-electron chi connectivity index (χ1n) is 7.96. The Labute approximate surface area is 123 Å². The molecule has 1 atom stereocenters. The smallest absolute Gasteiger partial charge is 0.226 e. The Bertz CT molecular complexity index is 429. The van der Waals surface area contributed by atoms with Crippen LogP contribution < -0.4 is 5.32 Å². The van der Waals surface area contributed by atoms with Gasteiger partial charge in [-0.05, 0) is 36.0 Å². The normalized spacial score (nSPS) is 17.4. The van der Waals surface area contributed by atoms with Crippen LogP contribution in [0.4, 0.5) is 5.69 Å². The molecule has 0 saturated heterocycles. The van der Waals surface area contributed by atoms with Crippen molar-refractivity contribution < 1.29 is 4.79 Å². The molecule has 1 amide bonds. The predicted molar refractivity (Wildman–Crippen MR) is 84.7 cm³/mol. The zero-order chi connectivity index (χ0) is 14.5. The Morgan fingerprint density at radius 3 is 2.30 bits per heavy atom. The molecule has 2 heteroatoms. The van der Waals surface area contributed by atoms with Gasteiger partial charge in [-0.25, -0.2) is 0 Å². The molecule has 1 N–H and O–H groups in total. The summed E-state index contributed by atoms with van der Waals surface area (Å²) in [6, 6.07) is 8.36. The highest BCUT2D eigenvalue weighted by Crippen LogP contribution is 2.33. The molecule has 1 saturated carbocycles. The third-order valence-electron chi connectivity index (χ3n) is 4.51. The van der Waals surface area contributed by atoms with E-state index in [1.165, 1.54) is 31.2 Å². The minimum atomic E-state index is 0.0251. The van der Waals surface area contributed by atoms with Gasteiger partial charge in [0.2, 0.25) is 5.91 Å². The van der Waals surface area contributed by atoms with E-state index in [0.29, 0.717) is 0 Å². The van der Waals surface area contributed by atoms with Crippen LogP contribution in [0.3, 0.4) is 0 Å². The monoisotopic (exact) mass is 273 g/mol. The molecule has 0 spiro atoms. The fourth-order valence-corrected chi connectivity index (χ4v) is 3.08. The number of carbonyl (C=O) groups is 1. The summed E-state index contributed by atoms with van der Waals surface area (Å²) in [7, 11) is 0. The number of hydrogen-bond acceptors (Lipinski definition) is 1. The fraction of sp³-hybridized carbons (Fsp3) is 0.611. The molecule has 0 radical (unpaired) electrons. The summed E-state index contributed by atoms with van der Waals surface area (Å²) in [6.07, 6.45) is 6.79. The summed E-state index contributed by atoms with van der Waals surface area (Å²) in [6.45, 7) is 6.20. The fourth-order valence-electron chi connectivity index (χ4n) is 3.08. The van der Waals surface area contributed by atoms with Gasteiger partial charge >= 0.3 is 0 Å². The van der Waals surface area contributed by atoms with Crippen molar-refractivity contribution in [1.29, 1.82) is 0 Å². The van der Waals surface area contributed by atoms with Crippen LogP contribution in [0, 0.1) is 17.8 Å². The summed E-state index contributed by atoms with van der Waals surface area (Å²) in [4.78, 5) is 11.6. The summed E-state index contributed by atoms with van der Waals surface area (Å²) < 4.78 is 0. The van der Waals surface area contributed by atoms with Crippen molar-refractivity contribution in [3.8, 4) is 0 Å². The minimum Gasteiger partial charge on any atom is -0.326 e. The highest BCUT2D eigenvalue weighted by Gasteiger charge is 2.21. The summed E-state index contributed by atoms with van der Waals surface area (Å²) in [5.74, 6) is 1.79. The maximum absolute atomic E-state index is 11.6. The van der Waals surface area contributed by atoms with Gasteiger partial charge in [0.25, 0.3) is 0 Å². The van der Waals surface area contributed by atoms with Crippen LogP contribution in [0.5, 0.6) is 0 Å². The molecule has 1 aliphatic carbocycles. The Kier molecular flexibility index (Phi) is 5.22. The summed E-state index contributed by atoms with van der Waals surface area (Å²) >= 11 is 0. The highest BCUT2D eigenvalue weighted by molar-refractivity contribution is 5.91. The number of anilines is 1. The van der Waals surface area contributed by atoms with E-state index in [1.54, 1.807) is 0 Å². The Morgan fingerprint density at radius 1 is 1.15 bits per heavy atom. The number of benzene rings is 1. The van der Waals surface area contributed by atoms with E-state index < -0.39 is 0 Å². The zero-order valence-corrected chi connectivity index (χ0v) is 13.0. The average molecular weight is 273 g/mol. The summed E-state index contributed by atoms with van der Waals surface area (Å²) in [5.41, 5.74) is 2.29. The Hall–Kier alpha value is -1.31. The van der Waals surface area contributed by atoms with Gasteiger partial charge in [-0.2, -0.15) is 0 Å². The average Bonchev–Trinajstić information content (AvgIpc) is 2.95. The Balaban J connectivity index is 1.89. The zero-order valence-electron chi connectivity index (χ0n) is 13.0. The lowest BCUT2D eigenvalue weighted by molar-refractivity contribution is -0.118. The highest BCUT2D eigenvalue weighted by atomic mass is 16.1. The molecular formula is C18H27NO. The molecule has 0 aromatic heterocycles. The van der Waals surface area contributed by atoms with Crippen molar-refractivity contribution in [3.63, 3.8) is 0 Å². The minimum absolute atomic E-state index is 0.0251. The van der Waals surface area contributed by atoms with Gasteiger partial charge in [0.1, 0.15) is 0 Å². The first-order valence-corrected chi connectivity index (χ1v) is 7.96. The maximum Gasteiger partial charge on any atom is 0.226 e. The SMILES string of the molecule is CC(C)C(=O)Nc1ccc(CC(C)C2CCCC2)cc1. The molecule has 1 fully saturated rings. The van der Waals surface area contributed by atoms with Crippen molar-refractivity contribution in [3.05, 3.63) is 29.8 Å². The van der Waals surface area contributed by atoms with Crippen molar-refractivity contribution in [2.45, 2.75) is 52.9 Å².